The van der Waals surface area contributed by atoms with Crippen molar-refractivity contribution in [3.05, 3.63) is 47.2 Å². The lowest BCUT2D eigenvalue weighted by molar-refractivity contribution is 0.384. The topological polar surface area (TPSA) is 47.1 Å². The van der Waals surface area contributed by atoms with Crippen molar-refractivity contribution in [2.75, 3.05) is 26.4 Å². The van der Waals surface area contributed by atoms with Gasteiger partial charge >= 0.3 is 0 Å². The van der Waals surface area contributed by atoms with E-state index in [1.165, 1.54) is 11.3 Å². The van der Waals surface area contributed by atoms with Crippen molar-refractivity contribution in [3.8, 4) is 11.3 Å². The maximum atomic E-state index is 6.53. The first-order chi connectivity index (χ1) is 11.4. The van der Waals surface area contributed by atoms with Gasteiger partial charge in [0.1, 0.15) is 5.65 Å². The Kier molecular flexibility index (Phi) is 4.33. The monoisotopic (exact) mass is 322 g/mol. The first-order valence-electron chi connectivity index (χ1n) is 8.37. The molecular weight excluding hydrogens is 296 g/mol. The molecule has 3 aromatic rings. The lowest BCUT2D eigenvalue weighted by Gasteiger charge is -2.14. The summed E-state index contributed by atoms with van der Waals surface area (Å²) in [5.41, 5.74) is 14.0. The number of anilines is 1. The SMILES string of the molecule is Cc1c(-c2ccccc2)nc2c(c(C)c(C)n2CCN(C)C)c1N. The Morgan fingerprint density at radius 1 is 1.04 bits per heavy atom. The van der Waals surface area contributed by atoms with E-state index in [2.05, 4.69) is 56.5 Å². The van der Waals surface area contributed by atoms with Crippen molar-refractivity contribution in [2.45, 2.75) is 27.3 Å². The number of pyridine rings is 1. The summed E-state index contributed by atoms with van der Waals surface area (Å²) in [6.45, 7) is 8.25. The van der Waals surface area contributed by atoms with Gasteiger partial charge in [0.15, 0.2) is 0 Å². The van der Waals surface area contributed by atoms with Gasteiger partial charge in [0, 0.05) is 35.4 Å². The maximum Gasteiger partial charge on any atom is 0.143 e. The number of aromatic nitrogens is 2. The van der Waals surface area contributed by atoms with E-state index in [0.29, 0.717) is 0 Å². The Hall–Kier alpha value is -2.33. The Bertz CT molecular complexity index is 876. The van der Waals surface area contributed by atoms with Crippen LogP contribution in [0.15, 0.2) is 30.3 Å². The molecule has 0 saturated heterocycles. The van der Waals surface area contributed by atoms with Gasteiger partial charge in [-0.3, -0.25) is 0 Å². The fourth-order valence-corrected chi connectivity index (χ4v) is 3.24. The second-order valence-corrected chi connectivity index (χ2v) is 6.73. The van der Waals surface area contributed by atoms with Crippen LogP contribution < -0.4 is 5.73 Å². The second-order valence-electron chi connectivity index (χ2n) is 6.73. The van der Waals surface area contributed by atoms with Crippen LogP contribution >= 0.6 is 0 Å². The Morgan fingerprint density at radius 2 is 1.71 bits per heavy atom. The normalized spacial score (nSPS) is 11.6. The van der Waals surface area contributed by atoms with Gasteiger partial charge in [-0.05, 0) is 46.0 Å². The van der Waals surface area contributed by atoms with Crippen LogP contribution in [0.5, 0.6) is 0 Å². The third-order valence-corrected chi connectivity index (χ3v) is 4.87. The number of hydrogen-bond acceptors (Lipinski definition) is 3. The molecule has 4 heteroatoms. The lowest BCUT2D eigenvalue weighted by Crippen LogP contribution is -2.19. The minimum atomic E-state index is 0.850. The molecule has 1 aromatic carbocycles. The molecule has 4 nitrogen and oxygen atoms in total. The van der Waals surface area contributed by atoms with Crippen LogP contribution in [0.1, 0.15) is 16.8 Å². The Labute approximate surface area is 143 Å². The number of benzene rings is 1. The van der Waals surface area contributed by atoms with E-state index in [4.69, 9.17) is 10.7 Å². The first-order valence-corrected chi connectivity index (χ1v) is 8.37. The smallest absolute Gasteiger partial charge is 0.143 e. The summed E-state index contributed by atoms with van der Waals surface area (Å²) in [4.78, 5) is 7.22. The summed E-state index contributed by atoms with van der Waals surface area (Å²) >= 11 is 0. The van der Waals surface area contributed by atoms with Crippen molar-refractivity contribution in [2.24, 2.45) is 0 Å². The highest BCUT2D eigenvalue weighted by Crippen LogP contribution is 2.35. The van der Waals surface area contributed by atoms with Crippen LogP contribution in [-0.4, -0.2) is 35.1 Å². The molecule has 3 rings (SSSR count). The molecule has 0 atom stereocenters. The summed E-state index contributed by atoms with van der Waals surface area (Å²) in [5, 5.41) is 1.10. The average molecular weight is 322 g/mol. The van der Waals surface area contributed by atoms with Crippen LogP contribution in [0.2, 0.25) is 0 Å². The van der Waals surface area contributed by atoms with E-state index >= 15 is 0 Å². The molecule has 2 heterocycles. The molecule has 2 N–H and O–H groups in total. The number of aryl methyl sites for hydroxylation is 1. The number of rotatable bonds is 4. The predicted octanol–water partition coefficient (Wildman–Crippen LogP) is 3.77. The number of fused-ring (bicyclic) bond motifs is 1. The maximum absolute atomic E-state index is 6.53. The van der Waals surface area contributed by atoms with Gasteiger partial charge in [0.05, 0.1) is 5.69 Å². The van der Waals surface area contributed by atoms with Crippen molar-refractivity contribution in [1.82, 2.24) is 14.5 Å². The molecule has 0 aliphatic heterocycles. The minimum absolute atomic E-state index is 0.850. The fraction of sp³-hybridized carbons (Fsp3) is 0.350. The molecule has 0 unspecified atom stereocenters. The van der Waals surface area contributed by atoms with Crippen LogP contribution in [-0.2, 0) is 6.54 Å². The van der Waals surface area contributed by atoms with Crippen LogP contribution in [0.4, 0.5) is 5.69 Å². The number of nitrogen functional groups attached to an aromatic ring is 1. The number of nitrogens with two attached hydrogens (primary N) is 1. The Balaban J connectivity index is 2.27. The minimum Gasteiger partial charge on any atom is -0.398 e. The van der Waals surface area contributed by atoms with E-state index < -0.39 is 0 Å². The van der Waals surface area contributed by atoms with Crippen LogP contribution in [0, 0.1) is 20.8 Å². The molecule has 0 aliphatic rings. The zero-order valence-electron chi connectivity index (χ0n) is 15.2. The second kappa shape index (κ2) is 6.29. The standard InChI is InChI=1S/C20H26N4/c1-13-15(3)24(12-11-23(4)5)20-17(13)18(21)14(2)19(22-20)16-9-7-6-8-10-16/h6-10H,11-12H2,1-5H3,(H2,21,22). The summed E-state index contributed by atoms with van der Waals surface area (Å²) in [7, 11) is 4.18. The number of likely N-dealkylation sites (N-methyl/N-ethyl adjacent to an activating group) is 1. The summed E-state index contributed by atoms with van der Waals surface area (Å²) < 4.78 is 2.30. The Morgan fingerprint density at radius 3 is 2.33 bits per heavy atom. The summed E-state index contributed by atoms with van der Waals surface area (Å²) in [6.07, 6.45) is 0. The van der Waals surface area contributed by atoms with E-state index in [-0.39, 0.29) is 0 Å². The van der Waals surface area contributed by atoms with Gasteiger partial charge < -0.3 is 15.2 Å². The number of nitrogens with zero attached hydrogens (tertiary/aromatic N) is 3. The molecule has 0 aliphatic carbocycles. The van der Waals surface area contributed by atoms with Gasteiger partial charge in [0.2, 0.25) is 0 Å². The zero-order chi connectivity index (χ0) is 17.4. The zero-order valence-corrected chi connectivity index (χ0v) is 15.2. The van der Waals surface area contributed by atoms with E-state index in [1.807, 2.05) is 18.2 Å². The molecule has 0 radical (unpaired) electrons. The van der Waals surface area contributed by atoms with E-state index in [9.17, 15) is 0 Å². The van der Waals surface area contributed by atoms with E-state index in [0.717, 1.165) is 46.6 Å². The van der Waals surface area contributed by atoms with Gasteiger partial charge in [0.25, 0.3) is 0 Å². The molecule has 0 fully saturated rings. The highest BCUT2D eigenvalue weighted by molar-refractivity contribution is 5.97. The van der Waals surface area contributed by atoms with E-state index in [1.54, 1.807) is 0 Å². The molecule has 0 saturated carbocycles. The highest BCUT2D eigenvalue weighted by atomic mass is 15.1. The molecule has 0 bridgehead atoms. The van der Waals surface area contributed by atoms with Crippen molar-refractivity contribution < 1.29 is 0 Å². The highest BCUT2D eigenvalue weighted by Gasteiger charge is 2.19. The lowest BCUT2D eigenvalue weighted by atomic mass is 10.0. The quantitative estimate of drug-likeness (QED) is 0.795. The van der Waals surface area contributed by atoms with Gasteiger partial charge in [-0.2, -0.15) is 0 Å². The van der Waals surface area contributed by atoms with Crippen LogP contribution in [0.25, 0.3) is 22.3 Å². The van der Waals surface area contributed by atoms with Gasteiger partial charge in [-0.1, -0.05) is 30.3 Å². The molecule has 2 aromatic heterocycles. The molecule has 0 amide bonds. The third-order valence-electron chi connectivity index (χ3n) is 4.87. The van der Waals surface area contributed by atoms with Crippen molar-refractivity contribution in [3.63, 3.8) is 0 Å². The number of hydrogen-bond donors (Lipinski definition) is 1. The third kappa shape index (κ3) is 2.67. The predicted molar refractivity (Wildman–Crippen MR) is 102 cm³/mol. The van der Waals surface area contributed by atoms with Gasteiger partial charge in [-0.15, -0.1) is 0 Å². The molecular formula is C20H26N4. The molecule has 126 valence electrons. The average Bonchev–Trinajstić information content (AvgIpc) is 2.81. The van der Waals surface area contributed by atoms with Crippen LogP contribution in [0.3, 0.4) is 0 Å². The molecule has 24 heavy (non-hydrogen) atoms. The molecule has 0 spiro atoms. The first kappa shape index (κ1) is 16.5. The fourth-order valence-electron chi connectivity index (χ4n) is 3.24. The summed E-state index contributed by atoms with van der Waals surface area (Å²) in [6, 6.07) is 10.3. The van der Waals surface area contributed by atoms with Crippen molar-refractivity contribution >= 4 is 16.7 Å². The van der Waals surface area contributed by atoms with Gasteiger partial charge in [-0.25, -0.2) is 4.98 Å². The summed E-state index contributed by atoms with van der Waals surface area (Å²) in [5.74, 6) is 0. The van der Waals surface area contributed by atoms with Crippen molar-refractivity contribution in [1.29, 1.82) is 0 Å². The largest absolute Gasteiger partial charge is 0.398 e.